The van der Waals surface area contributed by atoms with Crippen LogP contribution in [0, 0.1) is 10.1 Å². The van der Waals surface area contributed by atoms with Gasteiger partial charge in [0.1, 0.15) is 5.75 Å². The summed E-state index contributed by atoms with van der Waals surface area (Å²) < 4.78 is 5.65. The van der Waals surface area contributed by atoms with E-state index in [1.807, 2.05) is 12.1 Å². The van der Waals surface area contributed by atoms with Gasteiger partial charge in [0.25, 0.3) is 5.69 Å². The lowest BCUT2D eigenvalue weighted by Crippen LogP contribution is -2.01. The van der Waals surface area contributed by atoms with Crippen molar-refractivity contribution < 1.29 is 9.66 Å². The molecule has 2 aromatic rings. The molecule has 0 aromatic heterocycles. The van der Waals surface area contributed by atoms with Crippen LogP contribution in [0.25, 0.3) is 0 Å². The van der Waals surface area contributed by atoms with E-state index in [-0.39, 0.29) is 5.69 Å². The molecule has 2 rings (SSSR count). The molecule has 0 unspecified atom stereocenters. The molecule has 2 aromatic carbocycles. The maximum atomic E-state index is 10.5. The fourth-order valence-corrected chi connectivity index (χ4v) is 1.89. The van der Waals surface area contributed by atoms with E-state index in [0.29, 0.717) is 6.61 Å². The van der Waals surface area contributed by atoms with Gasteiger partial charge in [-0.25, -0.2) is 0 Å². The molecule has 0 aliphatic rings. The van der Waals surface area contributed by atoms with Crippen molar-refractivity contribution in [2.45, 2.75) is 19.8 Å². The van der Waals surface area contributed by atoms with Crippen molar-refractivity contribution in [1.82, 2.24) is 0 Å². The highest BCUT2D eigenvalue weighted by molar-refractivity contribution is 5.33. The van der Waals surface area contributed by atoms with E-state index in [4.69, 9.17) is 4.74 Å². The van der Waals surface area contributed by atoms with Crippen molar-refractivity contribution >= 4 is 5.69 Å². The Morgan fingerprint density at radius 2 is 1.60 bits per heavy atom. The number of nitro groups is 1. The molecule has 104 valence electrons. The highest BCUT2D eigenvalue weighted by Gasteiger charge is 2.03. The van der Waals surface area contributed by atoms with Crippen LogP contribution in [-0.4, -0.2) is 11.5 Å². The molecule has 0 spiro atoms. The van der Waals surface area contributed by atoms with Gasteiger partial charge in [0.05, 0.1) is 11.5 Å². The molecule has 0 radical (unpaired) electrons. The molecule has 0 saturated heterocycles. The minimum Gasteiger partial charge on any atom is -0.493 e. The number of rotatable bonds is 6. The summed E-state index contributed by atoms with van der Waals surface area (Å²) in [5.74, 6) is 0.851. The van der Waals surface area contributed by atoms with Crippen molar-refractivity contribution in [3.8, 4) is 5.75 Å². The number of hydrogen-bond acceptors (Lipinski definition) is 3. The predicted octanol–water partition coefficient (Wildman–Crippen LogP) is 3.78. The van der Waals surface area contributed by atoms with Crippen molar-refractivity contribution in [3.63, 3.8) is 0 Å². The summed E-state index contributed by atoms with van der Waals surface area (Å²) in [6.45, 7) is 2.67. The molecule has 4 heteroatoms. The smallest absolute Gasteiger partial charge is 0.269 e. The van der Waals surface area contributed by atoms with Crippen LogP contribution in [0.5, 0.6) is 5.75 Å². The predicted molar refractivity (Wildman–Crippen MR) is 78.1 cm³/mol. The molecule has 0 bridgehead atoms. The number of nitro benzene ring substituents is 1. The van der Waals surface area contributed by atoms with Gasteiger partial charge in [-0.3, -0.25) is 10.1 Å². The van der Waals surface area contributed by atoms with Crippen LogP contribution in [0.1, 0.15) is 18.1 Å². The zero-order valence-corrected chi connectivity index (χ0v) is 11.4. The zero-order valence-electron chi connectivity index (χ0n) is 11.4. The van der Waals surface area contributed by atoms with Gasteiger partial charge in [-0.2, -0.15) is 0 Å². The highest BCUT2D eigenvalue weighted by Crippen LogP contribution is 2.15. The number of benzene rings is 2. The van der Waals surface area contributed by atoms with E-state index in [1.54, 1.807) is 12.1 Å². The van der Waals surface area contributed by atoms with Crippen LogP contribution in [0.4, 0.5) is 5.69 Å². The average molecular weight is 271 g/mol. The van der Waals surface area contributed by atoms with Gasteiger partial charge in [0.2, 0.25) is 0 Å². The highest BCUT2D eigenvalue weighted by atomic mass is 16.6. The van der Waals surface area contributed by atoms with Gasteiger partial charge >= 0.3 is 0 Å². The monoisotopic (exact) mass is 271 g/mol. The van der Waals surface area contributed by atoms with E-state index < -0.39 is 4.92 Å². The normalized spacial score (nSPS) is 10.2. The van der Waals surface area contributed by atoms with Crippen LogP contribution in [0.15, 0.2) is 48.5 Å². The lowest BCUT2D eigenvalue weighted by atomic mass is 10.1. The second-order valence-electron chi connectivity index (χ2n) is 4.52. The Balaban J connectivity index is 1.84. The second-order valence-corrected chi connectivity index (χ2v) is 4.52. The first-order valence-corrected chi connectivity index (χ1v) is 6.64. The quantitative estimate of drug-likeness (QED) is 0.593. The van der Waals surface area contributed by atoms with Crippen molar-refractivity contribution in [3.05, 3.63) is 69.8 Å². The third-order valence-corrected chi connectivity index (χ3v) is 3.14. The van der Waals surface area contributed by atoms with Gasteiger partial charge in [0.15, 0.2) is 0 Å². The molecule has 0 aliphatic carbocycles. The maximum Gasteiger partial charge on any atom is 0.269 e. The Morgan fingerprint density at radius 1 is 1.00 bits per heavy atom. The summed E-state index contributed by atoms with van der Waals surface area (Å²) in [7, 11) is 0. The molecular formula is C16H17NO3. The molecular weight excluding hydrogens is 254 g/mol. The fourth-order valence-electron chi connectivity index (χ4n) is 1.89. The van der Waals surface area contributed by atoms with Gasteiger partial charge in [-0.1, -0.05) is 31.2 Å². The molecule has 20 heavy (non-hydrogen) atoms. The average Bonchev–Trinajstić information content (AvgIpc) is 2.48. The van der Waals surface area contributed by atoms with Gasteiger partial charge in [-0.15, -0.1) is 0 Å². The van der Waals surface area contributed by atoms with Crippen molar-refractivity contribution in [1.29, 1.82) is 0 Å². The SMILES string of the molecule is CCc1ccc(OCCc2ccc([N+](=O)[O-])cc2)cc1. The standard InChI is InChI=1S/C16H17NO3/c1-2-13-5-9-16(10-6-13)20-12-11-14-3-7-15(8-4-14)17(18)19/h3-10H,2,11-12H2,1H3. The zero-order chi connectivity index (χ0) is 14.4. The van der Waals surface area contributed by atoms with E-state index >= 15 is 0 Å². The maximum absolute atomic E-state index is 10.5. The van der Waals surface area contributed by atoms with Crippen LogP contribution in [0.2, 0.25) is 0 Å². The Hall–Kier alpha value is -2.36. The molecule has 0 N–H and O–H groups in total. The third-order valence-electron chi connectivity index (χ3n) is 3.14. The van der Waals surface area contributed by atoms with E-state index in [0.717, 1.165) is 24.2 Å². The minimum atomic E-state index is -0.393. The molecule has 0 fully saturated rings. The number of nitrogens with zero attached hydrogens (tertiary/aromatic N) is 1. The minimum absolute atomic E-state index is 0.116. The first-order valence-electron chi connectivity index (χ1n) is 6.64. The van der Waals surface area contributed by atoms with Gasteiger partial charge in [-0.05, 0) is 29.7 Å². The fraction of sp³-hybridized carbons (Fsp3) is 0.250. The molecule has 0 atom stereocenters. The lowest BCUT2D eigenvalue weighted by Gasteiger charge is -2.07. The number of aryl methyl sites for hydroxylation is 1. The Morgan fingerprint density at radius 3 is 2.15 bits per heavy atom. The molecule has 0 amide bonds. The Kier molecular flexibility index (Phi) is 4.71. The summed E-state index contributed by atoms with van der Waals surface area (Å²) in [4.78, 5) is 10.2. The van der Waals surface area contributed by atoms with Gasteiger partial charge < -0.3 is 4.74 Å². The van der Waals surface area contributed by atoms with Crippen molar-refractivity contribution in [2.24, 2.45) is 0 Å². The number of non-ortho nitro benzene ring substituents is 1. The summed E-state index contributed by atoms with van der Waals surface area (Å²) in [6, 6.07) is 14.6. The third kappa shape index (κ3) is 3.82. The van der Waals surface area contributed by atoms with Crippen LogP contribution >= 0.6 is 0 Å². The number of ether oxygens (including phenoxy) is 1. The molecule has 0 heterocycles. The number of hydrogen-bond donors (Lipinski definition) is 0. The van der Waals surface area contributed by atoms with Crippen LogP contribution in [-0.2, 0) is 12.8 Å². The summed E-state index contributed by atoms with van der Waals surface area (Å²) >= 11 is 0. The summed E-state index contributed by atoms with van der Waals surface area (Å²) in [6.07, 6.45) is 1.75. The first kappa shape index (κ1) is 14.1. The Bertz CT molecular complexity index is 561. The van der Waals surface area contributed by atoms with Gasteiger partial charge in [0, 0.05) is 18.6 Å². The van der Waals surface area contributed by atoms with Crippen LogP contribution in [0.3, 0.4) is 0 Å². The summed E-state index contributed by atoms with van der Waals surface area (Å²) in [5.41, 5.74) is 2.43. The Labute approximate surface area is 118 Å². The molecule has 0 aliphatic heterocycles. The van der Waals surface area contributed by atoms with Crippen molar-refractivity contribution in [2.75, 3.05) is 6.61 Å². The molecule has 0 saturated carbocycles. The second kappa shape index (κ2) is 6.70. The molecule has 4 nitrogen and oxygen atoms in total. The lowest BCUT2D eigenvalue weighted by molar-refractivity contribution is -0.384. The largest absolute Gasteiger partial charge is 0.493 e. The van der Waals surface area contributed by atoms with E-state index in [2.05, 4.69) is 19.1 Å². The first-order chi connectivity index (χ1) is 9.69. The van der Waals surface area contributed by atoms with E-state index in [1.165, 1.54) is 17.7 Å². The van der Waals surface area contributed by atoms with Crippen LogP contribution < -0.4 is 4.74 Å². The topological polar surface area (TPSA) is 52.4 Å². The summed E-state index contributed by atoms with van der Waals surface area (Å²) in [5, 5.41) is 10.5. The van der Waals surface area contributed by atoms with E-state index in [9.17, 15) is 10.1 Å².